The van der Waals surface area contributed by atoms with Crippen LogP contribution in [-0.4, -0.2) is 16.0 Å². The van der Waals surface area contributed by atoms with Crippen LogP contribution in [-0.2, 0) is 6.42 Å². The Morgan fingerprint density at radius 1 is 1.09 bits per heavy atom. The van der Waals surface area contributed by atoms with E-state index in [1.165, 1.54) is 5.56 Å². The number of benzene rings is 2. The molecule has 0 aliphatic rings. The van der Waals surface area contributed by atoms with Gasteiger partial charge in [0.2, 0.25) is 0 Å². The Labute approximate surface area is 141 Å². The number of aromatic nitrogens is 2. The van der Waals surface area contributed by atoms with Gasteiger partial charge < -0.3 is 5.32 Å². The standard InChI is InChI=1S/C19H20ClN3/c1-3-13(2)21-19-16-10-9-15(20)12-17(16)22-18(23-19)11-14-7-5-4-6-8-14/h4-10,12-13H,3,11H2,1-2H3,(H,21,22,23)/t13-/m1/s1. The minimum Gasteiger partial charge on any atom is -0.367 e. The first kappa shape index (κ1) is 15.8. The van der Waals surface area contributed by atoms with Crippen LogP contribution >= 0.6 is 11.6 Å². The summed E-state index contributed by atoms with van der Waals surface area (Å²) in [6.45, 7) is 4.31. The number of anilines is 1. The SMILES string of the molecule is CC[C@@H](C)Nc1nc(Cc2ccccc2)nc2cc(Cl)ccc12. The van der Waals surface area contributed by atoms with Crippen LogP contribution in [0.15, 0.2) is 48.5 Å². The molecule has 1 heterocycles. The highest BCUT2D eigenvalue weighted by Gasteiger charge is 2.10. The molecule has 0 saturated carbocycles. The summed E-state index contributed by atoms with van der Waals surface area (Å²) >= 11 is 6.14. The molecular formula is C19H20ClN3. The molecule has 1 N–H and O–H groups in total. The van der Waals surface area contributed by atoms with Crippen LogP contribution in [0.1, 0.15) is 31.7 Å². The number of fused-ring (bicyclic) bond motifs is 1. The van der Waals surface area contributed by atoms with Crippen LogP contribution in [0.5, 0.6) is 0 Å². The number of nitrogens with one attached hydrogen (secondary N) is 1. The van der Waals surface area contributed by atoms with E-state index in [-0.39, 0.29) is 0 Å². The summed E-state index contributed by atoms with van der Waals surface area (Å²) in [7, 11) is 0. The van der Waals surface area contributed by atoms with Crippen molar-refractivity contribution in [3.8, 4) is 0 Å². The van der Waals surface area contributed by atoms with E-state index in [1.54, 1.807) is 0 Å². The average molecular weight is 326 g/mol. The Balaban J connectivity index is 2.04. The number of hydrogen-bond acceptors (Lipinski definition) is 3. The summed E-state index contributed by atoms with van der Waals surface area (Å²) in [6, 6.07) is 16.4. The lowest BCUT2D eigenvalue weighted by Crippen LogP contribution is -2.16. The van der Waals surface area contributed by atoms with Crippen molar-refractivity contribution in [2.75, 3.05) is 5.32 Å². The van der Waals surface area contributed by atoms with Gasteiger partial charge in [-0.25, -0.2) is 9.97 Å². The maximum absolute atomic E-state index is 6.14. The fraction of sp³-hybridized carbons (Fsp3) is 0.263. The molecule has 0 spiro atoms. The van der Waals surface area contributed by atoms with Crippen LogP contribution in [0, 0.1) is 0 Å². The van der Waals surface area contributed by atoms with Crippen LogP contribution in [0.2, 0.25) is 5.02 Å². The number of rotatable bonds is 5. The second kappa shape index (κ2) is 6.97. The summed E-state index contributed by atoms with van der Waals surface area (Å²) < 4.78 is 0. The number of halogens is 1. The minimum absolute atomic E-state index is 0.355. The largest absolute Gasteiger partial charge is 0.367 e. The maximum Gasteiger partial charge on any atom is 0.137 e. The molecule has 0 unspecified atom stereocenters. The smallest absolute Gasteiger partial charge is 0.137 e. The fourth-order valence-corrected chi connectivity index (χ4v) is 2.62. The van der Waals surface area contributed by atoms with Crippen molar-refractivity contribution in [3.63, 3.8) is 0 Å². The van der Waals surface area contributed by atoms with Gasteiger partial charge in [0, 0.05) is 22.9 Å². The first-order valence-corrected chi connectivity index (χ1v) is 8.30. The molecule has 0 fully saturated rings. The summed E-state index contributed by atoms with van der Waals surface area (Å²) in [5, 5.41) is 5.18. The van der Waals surface area contributed by atoms with Gasteiger partial charge in [0.05, 0.1) is 5.52 Å². The monoisotopic (exact) mass is 325 g/mol. The third kappa shape index (κ3) is 3.80. The van der Waals surface area contributed by atoms with Crippen molar-refractivity contribution >= 4 is 28.3 Å². The molecule has 3 aromatic rings. The molecule has 0 amide bonds. The van der Waals surface area contributed by atoms with Gasteiger partial charge in [0.15, 0.2) is 0 Å². The minimum atomic E-state index is 0.355. The van der Waals surface area contributed by atoms with Gasteiger partial charge in [-0.1, -0.05) is 48.9 Å². The van der Waals surface area contributed by atoms with E-state index in [0.717, 1.165) is 29.0 Å². The lowest BCUT2D eigenvalue weighted by atomic mass is 10.1. The van der Waals surface area contributed by atoms with Gasteiger partial charge in [-0.15, -0.1) is 0 Å². The van der Waals surface area contributed by atoms with Crippen LogP contribution in [0.4, 0.5) is 5.82 Å². The van der Waals surface area contributed by atoms with Gasteiger partial charge >= 0.3 is 0 Å². The Morgan fingerprint density at radius 3 is 2.61 bits per heavy atom. The Morgan fingerprint density at radius 2 is 1.87 bits per heavy atom. The van der Waals surface area contributed by atoms with Crippen molar-refractivity contribution in [3.05, 3.63) is 64.9 Å². The zero-order valence-electron chi connectivity index (χ0n) is 13.4. The molecule has 23 heavy (non-hydrogen) atoms. The molecule has 1 aromatic heterocycles. The van der Waals surface area contributed by atoms with E-state index < -0.39 is 0 Å². The van der Waals surface area contributed by atoms with Crippen molar-refractivity contribution in [2.45, 2.75) is 32.7 Å². The molecule has 0 saturated heterocycles. The molecule has 118 valence electrons. The van der Waals surface area contributed by atoms with Crippen molar-refractivity contribution < 1.29 is 0 Å². The van der Waals surface area contributed by atoms with Crippen LogP contribution < -0.4 is 5.32 Å². The third-order valence-corrected chi connectivity index (χ3v) is 4.14. The Bertz CT molecular complexity index is 802. The summed E-state index contributed by atoms with van der Waals surface area (Å²) in [5.41, 5.74) is 2.08. The molecule has 1 atom stereocenters. The summed E-state index contributed by atoms with van der Waals surface area (Å²) in [5.74, 6) is 1.68. The van der Waals surface area contributed by atoms with Crippen molar-refractivity contribution in [2.24, 2.45) is 0 Å². The highest BCUT2D eigenvalue weighted by Crippen LogP contribution is 2.25. The summed E-state index contributed by atoms with van der Waals surface area (Å²) in [4.78, 5) is 9.44. The second-order valence-electron chi connectivity index (χ2n) is 5.77. The molecule has 4 heteroatoms. The molecule has 0 aliphatic carbocycles. The summed E-state index contributed by atoms with van der Waals surface area (Å²) in [6.07, 6.45) is 1.74. The lowest BCUT2D eigenvalue weighted by molar-refractivity contribution is 0.758. The van der Waals surface area contributed by atoms with E-state index in [2.05, 4.69) is 36.3 Å². The quantitative estimate of drug-likeness (QED) is 0.710. The highest BCUT2D eigenvalue weighted by atomic mass is 35.5. The highest BCUT2D eigenvalue weighted by molar-refractivity contribution is 6.31. The van der Waals surface area contributed by atoms with E-state index in [1.807, 2.05) is 36.4 Å². The second-order valence-corrected chi connectivity index (χ2v) is 6.20. The molecular weight excluding hydrogens is 306 g/mol. The lowest BCUT2D eigenvalue weighted by Gasteiger charge is -2.15. The predicted octanol–water partition coefficient (Wildman–Crippen LogP) is 5.08. The first-order valence-electron chi connectivity index (χ1n) is 7.92. The Kier molecular flexibility index (Phi) is 4.77. The maximum atomic E-state index is 6.14. The molecule has 3 rings (SSSR count). The van der Waals surface area contributed by atoms with Gasteiger partial charge in [-0.05, 0) is 37.1 Å². The van der Waals surface area contributed by atoms with E-state index in [4.69, 9.17) is 16.6 Å². The Hall–Kier alpha value is -2.13. The molecule has 3 nitrogen and oxygen atoms in total. The van der Waals surface area contributed by atoms with E-state index >= 15 is 0 Å². The van der Waals surface area contributed by atoms with Gasteiger partial charge in [-0.2, -0.15) is 0 Å². The van der Waals surface area contributed by atoms with Crippen LogP contribution in [0.3, 0.4) is 0 Å². The average Bonchev–Trinajstić information content (AvgIpc) is 2.55. The van der Waals surface area contributed by atoms with Crippen molar-refractivity contribution in [1.29, 1.82) is 0 Å². The van der Waals surface area contributed by atoms with Gasteiger partial charge in [0.1, 0.15) is 11.6 Å². The van der Waals surface area contributed by atoms with E-state index in [0.29, 0.717) is 17.5 Å². The third-order valence-electron chi connectivity index (χ3n) is 3.91. The topological polar surface area (TPSA) is 37.8 Å². The van der Waals surface area contributed by atoms with Gasteiger partial charge in [-0.3, -0.25) is 0 Å². The molecule has 0 radical (unpaired) electrons. The predicted molar refractivity (Wildman–Crippen MR) is 97.2 cm³/mol. The number of nitrogens with zero attached hydrogens (tertiary/aromatic N) is 2. The van der Waals surface area contributed by atoms with Crippen molar-refractivity contribution in [1.82, 2.24) is 9.97 Å². The number of hydrogen-bond donors (Lipinski definition) is 1. The zero-order valence-corrected chi connectivity index (χ0v) is 14.1. The fourth-order valence-electron chi connectivity index (χ4n) is 2.45. The van der Waals surface area contributed by atoms with Crippen LogP contribution in [0.25, 0.3) is 10.9 Å². The molecule has 0 bridgehead atoms. The molecule has 0 aliphatic heterocycles. The van der Waals surface area contributed by atoms with Gasteiger partial charge in [0.25, 0.3) is 0 Å². The van der Waals surface area contributed by atoms with E-state index in [9.17, 15) is 0 Å². The zero-order chi connectivity index (χ0) is 16.2. The molecule has 2 aromatic carbocycles. The first-order chi connectivity index (χ1) is 11.2. The normalized spacial score (nSPS) is 12.3.